The molecule has 0 atom stereocenters. The molecular formula is C12H10BrIN2O. The summed E-state index contributed by atoms with van der Waals surface area (Å²) in [6, 6.07) is 7.55. The van der Waals surface area contributed by atoms with E-state index in [4.69, 9.17) is 0 Å². The van der Waals surface area contributed by atoms with E-state index in [1.165, 1.54) is 0 Å². The van der Waals surface area contributed by atoms with Gasteiger partial charge in [0.15, 0.2) is 0 Å². The molecule has 0 bridgehead atoms. The summed E-state index contributed by atoms with van der Waals surface area (Å²) in [5.74, 6) is -0.00487. The van der Waals surface area contributed by atoms with Gasteiger partial charge < -0.3 is 0 Å². The molecule has 0 aliphatic carbocycles. The van der Waals surface area contributed by atoms with Gasteiger partial charge >= 0.3 is 0 Å². The molecule has 0 spiro atoms. The third-order valence-electron chi connectivity index (χ3n) is 2.40. The van der Waals surface area contributed by atoms with Gasteiger partial charge in [-0.05, 0) is 57.6 Å². The van der Waals surface area contributed by atoms with Crippen LogP contribution in [0, 0.1) is 3.57 Å². The lowest BCUT2D eigenvalue weighted by Crippen LogP contribution is -2.11. The lowest BCUT2D eigenvalue weighted by atomic mass is 10.1. The van der Waals surface area contributed by atoms with Gasteiger partial charge in [-0.2, -0.15) is 5.10 Å². The highest BCUT2D eigenvalue weighted by Gasteiger charge is 2.18. The fraction of sp³-hybridized carbons (Fsp3) is 0.167. The molecule has 0 aliphatic heterocycles. The van der Waals surface area contributed by atoms with Crippen LogP contribution >= 0.6 is 38.5 Å². The summed E-state index contributed by atoms with van der Waals surface area (Å²) in [4.78, 5) is 12.4. The molecule has 1 aromatic carbocycles. The van der Waals surface area contributed by atoms with Crippen molar-refractivity contribution in [2.75, 3.05) is 0 Å². The molecule has 0 N–H and O–H groups in total. The van der Waals surface area contributed by atoms with Crippen LogP contribution in [0.5, 0.6) is 0 Å². The minimum absolute atomic E-state index is 0.00487. The van der Waals surface area contributed by atoms with Gasteiger partial charge in [-0.15, -0.1) is 0 Å². The summed E-state index contributed by atoms with van der Waals surface area (Å²) in [5, 5.41) is 4.15. The zero-order valence-corrected chi connectivity index (χ0v) is 12.9. The SMILES string of the molecule is CCn1ncc(Br)c1C(=O)c1cccc(I)c1. The second kappa shape index (κ2) is 5.30. The summed E-state index contributed by atoms with van der Waals surface area (Å²) in [7, 11) is 0. The first-order chi connectivity index (χ1) is 8.13. The molecular weight excluding hydrogens is 395 g/mol. The number of benzene rings is 1. The average Bonchev–Trinajstić information content (AvgIpc) is 2.69. The summed E-state index contributed by atoms with van der Waals surface area (Å²) in [6.45, 7) is 2.64. The number of aryl methyl sites for hydroxylation is 1. The first-order valence-corrected chi connectivity index (χ1v) is 7.02. The lowest BCUT2D eigenvalue weighted by Gasteiger charge is -2.05. The normalized spacial score (nSPS) is 10.5. The molecule has 0 unspecified atom stereocenters. The Kier molecular flexibility index (Phi) is 3.98. The van der Waals surface area contributed by atoms with Gasteiger partial charge in [0, 0.05) is 15.7 Å². The van der Waals surface area contributed by atoms with Gasteiger partial charge in [0.05, 0.1) is 10.7 Å². The van der Waals surface area contributed by atoms with Crippen molar-refractivity contribution in [2.24, 2.45) is 0 Å². The number of carbonyl (C=O) groups excluding carboxylic acids is 1. The van der Waals surface area contributed by atoms with E-state index in [1.807, 2.05) is 31.2 Å². The first-order valence-electron chi connectivity index (χ1n) is 5.15. The average molecular weight is 405 g/mol. The molecule has 2 aromatic rings. The molecule has 0 saturated heterocycles. The Balaban J connectivity index is 2.47. The Morgan fingerprint density at radius 2 is 2.29 bits per heavy atom. The monoisotopic (exact) mass is 404 g/mol. The van der Waals surface area contributed by atoms with E-state index in [2.05, 4.69) is 43.6 Å². The molecule has 0 saturated carbocycles. The largest absolute Gasteiger partial charge is 0.287 e. The second-order valence-electron chi connectivity index (χ2n) is 3.50. The van der Waals surface area contributed by atoms with Gasteiger partial charge in [-0.25, -0.2) is 0 Å². The van der Waals surface area contributed by atoms with Crippen LogP contribution in [-0.2, 0) is 6.54 Å². The number of halogens is 2. The standard InChI is InChI=1S/C12H10BrIN2O/c1-2-16-11(10(13)7-15-16)12(17)8-4-3-5-9(14)6-8/h3-7H,2H2,1H3. The smallest absolute Gasteiger partial charge is 0.212 e. The van der Waals surface area contributed by atoms with E-state index >= 15 is 0 Å². The van der Waals surface area contributed by atoms with E-state index in [0.717, 1.165) is 8.04 Å². The predicted molar refractivity (Wildman–Crippen MR) is 78.2 cm³/mol. The minimum atomic E-state index is -0.00487. The van der Waals surface area contributed by atoms with Crippen molar-refractivity contribution < 1.29 is 4.79 Å². The first kappa shape index (κ1) is 12.8. The van der Waals surface area contributed by atoms with E-state index < -0.39 is 0 Å². The molecule has 3 nitrogen and oxygen atoms in total. The fourth-order valence-corrected chi connectivity index (χ4v) is 2.61. The Bertz CT molecular complexity index is 565. The molecule has 88 valence electrons. The minimum Gasteiger partial charge on any atom is -0.287 e. The van der Waals surface area contributed by atoms with Crippen LogP contribution in [0.15, 0.2) is 34.9 Å². The summed E-state index contributed by atoms with van der Waals surface area (Å²) >= 11 is 5.57. The van der Waals surface area contributed by atoms with E-state index in [-0.39, 0.29) is 5.78 Å². The van der Waals surface area contributed by atoms with Crippen LogP contribution < -0.4 is 0 Å². The van der Waals surface area contributed by atoms with E-state index in [9.17, 15) is 4.79 Å². The lowest BCUT2D eigenvalue weighted by molar-refractivity contribution is 0.102. The number of nitrogens with zero attached hydrogens (tertiary/aromatic N) is 2. The van der Waals surface area contributed by atoms with Crippen molar-refractivity contribution in [3.63, 3.8) is 0 Å². The van der Waals surface area contributed by atoms with Crippen molar-refractivity contribution in [1.82, 2.24) is 9.78 Å². The van der Waals surface area contributed by atoms with Crippen molar-refractivity contribution in [3.05, 3.63) is 49.8 Å². The maximum absolute atomic E-state index is 12.4. The Morgan fingerprint density at radius 1 is 1.53 bits per heavy atom. The predicted octanol–water partition coefficient (Wildman–Crippen LogP) is 3.50. The van der Waals surface area contributed by atoms with Crippen molar-refractivity contribution in [2.45, 2.75) is 13.5 Å². The van der Waals surface area contributed by atoms with Crippen molar-refractivity contribution >= 4 is 44.3 Å². The zero-order chi connectivity index (χ0) is 12.4. The number of aromatic nitrogens is 2. The van der Waals surface area contributed by atoms with E-state index in [0.29, 0.717) is 17.8 Å². The maximum Gasteiger partial charge on any atom is 0.212 e. The van der Waals surface area contributed by atoms with Crippen LogP contribution in [0.3, 0.4) is 0 Å². The summed E-state index contributed by atoms with van der Waals surface area (Å²) in [6.07, 6.45) is 1.66. The number of hydrogen-bond donors (Lipinski definition) is 0. The highest BCUT2D eigenvalue weighted by Crippen LogP contribution is 2.20. The topological polar surface area (TPSA) is 34.9 Å². The van der Waals surface area contributed by atoms with Crippen LogP contribution in [0.25, 0.3) is 0 Å². The number of carbonyl (C=O) groups is 1. The summed E-state index contributed by atoms with van der Waals surface area (Å²) in [5.41, 5.74) is 1.29. The molecule has 0 radical (unpaired) electrons. The van der Waals surface area contributed by atoms with Gasteiger partial charge in [-0.3, -0.25) is 9.48 Å². The third kappa shape index (κ3) is 2.60. The molecule has 1 heterocycles. The van der Waals surface area contributed by atoms with Gasteiger partial charge in [-0.1, -0.05) is 12.1 Å². The Labute approximate surface area is 121 Å². The summed E-state index contributed by atoms with van der Waals surface area (Å²) < 4.78 is 3.49. The van der Waals surface area contributed by atoms with Crippen LogP contribution in [0.4, 0.5) is 0 Å². The molecule has 2 rings (SSSR count). The van der Waals surface area contributed by atoms with E-state index in [1.54, 1.807) is 10.9 Å². The molecule has 17 heavy (non-hydrogen) atoms. The van der Waals surface area contributed by atoms with Gasteiger partial charge in [0.1, 0.15) is 5.69 Å². The Morgan fingerprint density at radius 3 is 2.94 bits per heavy atom. The molecule has 1 aromatic heterocycles. The number of hydrogen-bond acceptors (Lipinski definition) is 2. The fourth-order valence-electron chi connectivity index (χ4n) is 1.59. The quantitative estimate of drug-likeness (QED) is 0.579. The third-order valence-corrected chi connectivity index (χ3v) is 3.65. The van der Waals surface area contributed by atoms with Crippen molar-refractivity contribution in [1.29, 1.82) is 0 Å². The van der Waals surface area contributed by atoms with Crippen LogP contribution in [-0.4, -0.2) is 15.6 Å². The maximum atomic E-state index is 12.4. The Hall–Kier alpha value is -0.690. The van der Waals surface area contributed by atoms with Crippen LogP contribution in [0.1, 0.15) is 23.0 Å². The highest BCUT2D eigenvalue weighted by molar-refractivity contribution is 14.1. The zero-order valence-electron chi connectivity index (χ0n) is 9.15. The molecule has 0 fully saturated rings. The van der Waals surface area contributed by atoms with Crippen molar-refractivity contribution in [3.8, 4) is 0 Å². The number of ketones is 1. The number of rotatable bonds is 3. The second-order valence-corrected chi connectivity index (χ2v) is 5.60. The van der Waals surface area contributed by atoms with Gasteiger partial charge in [0.25, 0.3) is 0 Å². The molecule has 5 heteroatoms. The van der Waals surface area contributed by atoms with Gasteiger partial charge in [0.2, 0.25) is 5.78 Å². The molecule has 0 amide bonds. The van der Waals surface area contributed by atoms with Crippen LogP contribution in [0.2, 0.25) is 0 Å². The molecule has 0 aliphatic rings. The highest BCUT2D eigenvalue weighted by atomic mass is 127.